The van der Waals surface area contributed by atoms with E-state index in [4.69, 9.17) is 9.47 Å². The molecule has 21 heavy (non-hydrogen) atoms. The Hall–Kier alpha value is -0.660. The number of carbonyl (C=O) groups excluding carboxylic acids is 2. The molecule has 7 fully saturated rings. The highest BCUT2D eigenvalue weighted by Crippen LogP contribution is 3.05. The van der Waals surface area contributed by atoms with Crippen molar-refractivity contribution < 1.29 is 29.3 Å². The van der Waals surface area contributed by atoms with Gasteiger partial charge in [-0.15, -0.1) is 0 Å². The van der Waals surface area contributed by atoms with Gasteiger partial charge in [-0.2, -0.15) is 0 Å². The number of alkyl halides is 1. The Labute approximate surface area is 127 Å². The van der Waals surface area contributed by atoms with E-state index in [1.54, 1.807) is 0 Å². The molecule has 6 saturated carbocycles. The molecule has 4 unspecified atom stereocenters. The average molecular weight is 355 g/mol. The van der Waals surface area contributed by atoms with Crippen LogP contribution in [0.3, 0.4) is 0 Å². The Bertz CT molecular complexity index is 605. The molecule has 112 valence electrons. The first-order valence-corrected chi connectivity index (χ1v) is 8.13. The number of aliphatic carboxylic acids is 2. The van der Waals surface area contributed by atoms with E-state index >= 15 is 0 Å². The van der Waals surface area contributed by atoms with Crippen molar-refractivity contribution in [2.24, 2.45) is 46.8 Å². The Balaban J connectivity index is 1.49. The Kier molecular flexibility index (Phi) is 1.57. The van der Waals surface area contributed by atoms with Crippen LogP contribution < -0.4 is 10.2 Å². The molecule has 1 aliphatic heterocycles. The summed E-state index contributed by atoms with van der Waals surface area (Å²) in [5, 5.41) is 22.7. The van der Waals surface area contributed by atoms with Crippen LogP contribution in [-0.2, 0) is 19.1 Å². The van der Waals surface area contributed by atoms with Crippen LogP contribution in [0.15, 0.2) is 0 Å². The monoisotopic (exact) mass is 354 g/mol. The number of carboxylic acids is 2. The van der Waals surface area contributed by atoms with Crippen LogP contribution in [0.25, 0.3) is 0 Å². The van der Waals surface area contributed by atoms with Gasteiger partial charge in [0.1, 0.15) is 0 Å². The fourth-order valence-corrected chi connectivity index (χ4v) is 9.42. The topological polar surface area (TPSA) is 98.7 Å². The van der Waals surface area contributed by atoms with E-state index in [0.29, 0.717) is 13.2 Å². The third-order valence-corrected chi connectivity index (χ3v) is 9.29. The van der Waals surface area contributed by atoms with Crippen LogP contribution in [0, 0.1) is 46.8 Å². The van der Waals surface area contributed by atoms with Gasteiger partial charge >= 0.3 is 0 Å². The molecule has 6 aliphatic carbocycles. The van der Waals surface area contributed by atoms with Crippen molar-refractivity contribution in [2.45, 2.75) is 10.1 Å². The summed E-state index contributed by atoms with van der Waals surface area (Å²) in [5.41, 5.74) is -0.645. The van der Waals surface area contributed by atoms with Crippen LogP contribution in [0.1, 0.15) is 0 Å². The van der Waals surface area contributed by atoms with Gasteiger partial charge in [-0.05, 0) is 35.0 Å². The molecule has 7 rings (SSSR count). The molecule has 1 heterocycles. The quantitative estimate of drug-likeness (QED) is 0.418. The van der Waals surface area contributed by atoms with Crippen molar-refractivity contribution in [3.8, 4) is 0 Å². The molecular formula is C14H11BrO6-2. The highest BCUT2D eigenvalue weighted by Gasteiger charge is 3.09. The van der Waals surface area contributed by atoms with Crippen molar-refractivity contribution >= 4 is 27.9 Å². The molecule has 2 bridgehead atoms. The standard InChI is InChI=1S/C14H13BrO6/c15-13-6-3-7(13)5-8(14(13)20-1-2-21-14)4(6)12(3,5)9(10(16)17)11(18)19/h3-9H,1-2H2,(H,16,17)(H,18,19)/p-2. The van der Waals surface area contributed by atoms with Crippen LogP contribution >= 0.6 is 15.9 Å². The fraction of sp³-hybridized carbons (Fsp3) is 0.857. The second kappa shape index (κ2) is 2.78. The molecule has 0 N–H and O–H groups in total. The SMILES string of the molecule is O=C([O-])C(C(=O)[O-])C12C3C4C1C1C2C3C1(Br)C41OCCO1. The number of halogens is 1. The molecule has 4 atom stereocenters. The lowest BCUT2D eigenvalue weighted by Crippen LogP contribution is -2.95. The number of carbonyl (C=O) groups is 2. The lowest BCUT2D eigenvalue weighted by atomic mass is 9.11. The summed E-state index contributed by atoms with van der Waals surface area (Å²) in [7, 11) is 0. The molecule has 0 amide bonds. The van der Waals surface area contributed by atoms with E-state index in [-0.39, 0.29) is 39.8 Å². The predicted molar refractivity (Wildman–Crippen MR) is 63.2 cm³/mol. The smallest absolute Gasteiger partial charge is 0.187 e. The maximum atomic E-state index is 11.4. The van der Waals surface area contributed by atoms with Gasteiger partial charge in [0.25, 0.3) is 0 Å². The summed E-state index contributed by atoms with van der Waals surface area (Å²) < 4.78 is 11.7. The summed E-state index contributed by atoms with van der Waals surface area (Å²) in [5.74, 6) is -4.23. The predicted octanol–water partition coefficient (Wildman–Crippen LogP) is -2.27. The molecule has 0 aromatic heterocycles. The summed E-state index contributed by atoms with van der Waals surface area (Å²) in [6, 6.07) is 0. The van der Waals surface area contributed by atoms with Crippen molar-refractivity contribution in [2.75, 3.05) is 13.2 Å². The van der Waals surface area contributed by atoms with Gasteiger partial charge in [0, 0.05) is 11.8 Å². The van der Waals surface area contributed by atoms with E-state index in [2.05, 4.69) is 15.9 Å². The molecule has 7 heteroatoms. The van der Waals surface area contributed by atoms with Gasteiger partial charge in [0.2, 0.25) is 0 Å². The maximum absolute atomic E-state index is 11.4. The molecular weight excluding hydrogens is 344 g/mol. The second-order valence-electron chi connectivity index (χ2n) is 7.36. The summed E-state index contributed by atoms with van der Waals surface area (Å²) in [6.07, 6.45) is 0. The third-order valence-electron chi connectivity index (χ3n) is 7.68. The van der Waals surface area contributed by atoms with Crippen LogP contribution in [0.4, 0.5) is 0 Å². The van der Waals surface area contributed by atoms with Crippen LogP contribution in [0.2, 0.25) is 0 Å². The fourth-order valence-electron chi connectivity index (χ4n) is 7.78. The number of rotatable bonds is 3. The Morgan fingerprint density at radius 3 is 1.90 bits per heavy atom. The first-order chi connectivity index (χ1) is 9.95. The van der Waals surface area contributed by atoms with E-state index in [9.17, 15) is 19.8 Å². The number of hydrogen-bond acceptors (Lipinski definition) is 6. The van der Waals surface area contributed by atoms with Gasteiger partial charge in [-0.1, -0.05) is 15.9 Å². The molecule has 6 nitrogen and oxygen atoms in total. The Morgan fingerprint density at radius 1 is 0.952 bits per heavy atom. The summed E-state index contributed by atoms with van der Waals surface area (Å²) >= 11 is 3.84. The minimum absolute atomic E-state index is 0.0516. The lowest BCUT2D eigenvalue weighted by Gasteiger charge is -2.93. The zero-order valence-corrected chi connectivity index (χ0v) is 12.4. The summed E-state index contributed by atoms with van der Waals surface area (Å²) in [6.45, 7) is 1.09. The molecule has 7 aliphatic rings. The van der Waals surface area contributed by atoms with Crippen LogP contribution in [0.5, 0.6) is 0 Å². The molecule has 1 saturated heterocycles. The maximum Gasteiger partial charge on any atom is 0.187 e. The summed E-state index contributed by atoms with van der Waals surface area (Å²) in [4.78, 5) is 22.7. The van der Waals surface area contributed by atoms with Crippen molar-refractivity contribution in [3.05, 3.63) is 0 Å². The average Bonchev–Trinajstić information content (AvgIpc) is 2.94. The lowest BCUT2D eigenvalue weighted by molar-refractivity contribution is -0.464. The van der Waals surface area contributed by atoms with Crippen LogP contribution in [-0.4, -0.2) is 35.3 Å². The van der Waals surface area contributed by atoms with Crippen molar-refractivity contribution in [3.63, 3.8) is 0 Å². The molecule has 1 spiro atoms. The molecule has 0 radical (unpaired) electrons. The van der Waals surface area contributed by atoms with E-state index in [1.807, 2.05) is 0 Å². The minimum Gasteiger partial charge on any atom is -0.549 e. The van der Waals surface area contributed by atoms with Gasteiger partial charge < -0.3 is 29.3 Å². The zero-order valence-electron chi connectivity index (χ0n) is 10.8. The number of carboxylic acid groups (broad SMARTS) is 2. The first-order valence-electron chi connectivity index (χ1n) is 7.34. The van der Waals surface area contributed by atoms with E-state index in [0.717, 1.165) is 0 Å². The Morgan fingerprint density at radius 2 is 1.43 bits per heavy atom. The first kappa shape index (κ1) is 11.8. The van der Waals surface area contributed by atoms with Crippen molar-refractivity contribution in [1.82, 2.24) is 0 Å². The van der Waals surface area contributed by atoms with E-state index < -0.39 is 29.1 Å². The highest BCUT2D eigenvalue weighted by molar-refractivity contribution is 9.10. The third kappa shape index (κ3) is 0.697. The molecule has 0 aromatic carbocycles. The van der Waals surface area contributed by atoms with Crippen molar-refractivity contribution in [1.29, 1.82) is 0 Å². The number of hydrogen-bond donors (Lipinski definition) is 0. The minimum atomic E-state index is -1.50. The van der Waals surface area contributed by atoms with Gasteiger partial charge in [-0.3, -0.25) is 0 Å². The normalized spacial score (nSPS) is 61.8. The van der Waals surface area contributed by atoms with Gasteiger partial charge in [-0.25, -0.2) is 0 Å². The largest absolute Gasteiger partial charge is 0.549 e. The molecule has 0 aromatic rings. The number of ether oxygens (including phenoxy) is 2. The van der Waals surface area contributed by atoms with E-state index in [1.165, 1.54) is 0 Å². The second-order valence-corrected chi connectivity index (χ2v) is 8.67. The van der Waals surface area contributed by atoms with Gasteiger partial charge in [0.15, 0.2) is 5.79 Å². The van der Waals surface area contributed by atoms with Gasteiger partial charge in [0.05, 0.1) is 29.5 Å². The highest BCUT2D eigenvalue weighted by atomic mass is 79.9. The zero-order chi connectivity index (χ0) is 14.5.